The van der Waals surface area contributed by atoms with Crippen LogP contribution >= 0.6 is 0 Å². The second-order valence-corrected chi connectivity index (χ2v) is 5.80. The van der Waals surface area contributed by atoms with Crippen LogP contribution in [0.15, 0.2) is 52.9 Å². The first-order chi connectivity index (χ1) is 12.7. The Labute approximate surface area is 149 Å². The SMILES string of the molecule is COc1cc(CNc2nc3cc(F)ccc3o2)c(OC)c2ccccc12. The molecule has 0 aliphatic heterocycles. The summed E-state index contributed by atoms with van der Waals surface area (Å²) in [5.41, 5.74) is 1.89. The number of aromatic nitrogens is 1. The molecule has 5 nitrogen and oxygen atoms in total. The number of methoxy groups -OCH3 is 2. The van der Waals surface area contributed by atoms with Gasteiger partial charge in [0.2, 0.25) is 0 Å². The molecule has 0 saturated carbocycles. The number of benzene rings is 3. The van der Waals surface area contributed by atoms with E-state index in [1.165, 1.54) is 12.1 Å². The maximum atomic E-state index is 13.3. The first-order valence-corrected chi connectivity index (χ1v) is 8.12. The second-order valence-electron chi connectivity index (χ2n) is 5.80. The van der Waals surface area contributed by atoms with Crippen molar-refractivity contribution in [2.24, 2.45) is 0 Å². The van der Waals surface area contributed by atoms with E-state index < -0.39 is 0 Å². The smallest absolute Gasteiger partial charge is 0.295 e. The highest BCUT2D eigenvalue weighted by Gasteiger charge is 2.14. The van der Waals surface area contributed by atoms with Gasteiger partial charge in [0.05, 0.1) is 14.2 Å². The third-order valence-corrected chi connectivity index (χ3v) is 4.24. The molecule has 6 heteroatoms. The van der Waals surface area contributed by atoms with Gasteiger partial charge in [0.1, 0.15) is 22.8 Å². The minimum atomic E-state index is -0.349. The summed E-state index contributed by atoms with van der Waals surface area (Å²) < 4.78 is 30.0. The predicted octanol–water partition coefficient (Wildman–Crippen LogP) is 4.75. The van der Waals surface area contributed by atoms with Crippen molar-refractivity contribution in [3.05, 3.63) is 59.9 Å². The fraction of sp³-hybridized carbons (Fsp3) is 0.150. The fourth-order valence-corrected chi connectivity index (χ4v) is 3.06. The maximum absolute atomic E-state index is 13.3. The number of nitrogens with zero attached hydrogens (tertiary/aromatic N) is 1. The minimum Gasteiger partial charge on any atom is -0.496 e. The zero-order chi connectivity index (χ0) is 18.1. The Morgan fingerprint density at radius 2 is 1.85 bits per heavy atom. The molecule has 0 bridgehead atoms. The van der Waals surface area contributed by atoms with Crippen molar-refractivity contribution in [2.75, 3.05) is 19.5 Å². The highest BCUT2D eigenvalue weighted by Crippen LogP contribution is 2.37. The number of fused-ring (bicyclic) bond motifs is 2. The lowest BCUT2D eigenvalue weighted by Crippen LogP contribution is -2.03. The Morgan fingerprint density at radius 3 is 2.62 bits per heavy atom. The Kier molecular flexibility index (Phi) is 4.08. The van der Waals surface area contributed by atoms with Crippen LogP contribution in [-0.4, -0.2) is 19.2 Å². The molecule has 26 heavy (non-hydrogen) atoms. The van der Waals surface area contributed by atoms with E-state index in [-0.39, 0.29) is 5.82 Å². The van der Waals surface area contributed by atoms with Gasteiger partial charge in [-0.3, -0.25) is 0 Å². The largest absolute Gasteiger partial charge is 0.496 e. The van der Waals surface area contributed by atoms with Crippen LogP contribution in [0, 0.1) is 5.82 Å². The number of halogens is 1. The molecule has 4 rings (SSSR count). The third kappa shape index (κ3) is 2.79. The number of hydrogen-bond donors (Lipinski definition) is 1. The summed E-state index contributed by atoms with van der Waals surface area (Å²) in [6.07, 6.45) is 0. The average Bonchev–Trinajstić information content (AvgIpc) is 3.07. The molecule has 0 spiro atoms. The molecule has 1 heterocycles. The molecule has 3 aromatic carbocycles. The summed E-state index contributed by atoms with van der Waals surface area (Å²) >= 11 is 0. The van der Waals surface area contributed by atoms with Gasteiger partial charge in [0.25, 0.3) is 6.01 Å². The van der Waals surface area contributed by atoms with Crippen LogP contribution in [0.25, 0.3) is 21.9 Å². The van der Waals surface area contributed by atoms with Gasteiger partial charge >= 0.3 is 0 Å². The first-order valence-electron chi connectivity index (χ1n) is 8.12. The maximum Gasteiger partial charge on any atom is 0.295 e. The number of ether oxygens (including phenoxy) is 2. The van der Waals surface area contributed by atoms with Crippen LogP contribution in [0.4, 0.5) is 10.4 Å². The minimum absolute atomic E-state index is 0.319. The van der Waals surface area contributed by atoms with Crippen molar-refractivity contribution < 1.29 is 18.3 Å². The number of oxazole rings is 1. The predicted molar refractivity (Wildman–Crippen MR) is 98.3 cm³/mol. The lowest BCUT2D eigenvalue weighted by atomic mass is 10.0. The Balaban J connectivity index is 1.69. The standard InChI is InChI=1S/C20H17FN2O3/c1-24-18-9-12(19(25-2)15-6-4-3-5-14(15)18)11-22-20-23-16-10-13(21)7-8-17(16)26-20/h3-10H,11H2,1-2H3,(H,22,23). The van der Waals surface area contributed by atoms with Crippen LogP contribution in [0.5, 0.6) is 11.5 Å². The number of nitrogens with one attached hydrogen (secondary N) is 1. The topological polar surface area (TPSA) is 56.5 Å². The van der Waals surface area contributed by atoms with Gasteiger partial charge in [-0.25, -0.2) is 4.39 Å². The molecule has 0 unspecified atom stereocenters. The van der Waals surface area contributed by atoms with E-state index in [4.69, 9.17) is 13.9 Å². The molecular weight excluding hydrogens is 335 g/mol. The molecule has 0 aliphatic carbocycles. The van der Waals surface area contributed by atoms with Crippen molar-refractivity contribution in [1.82, 2.24) is 4.98 Å². The zero-order valence-corrected chi connectivity index (χ0v) is 14.4. The number of hydrogen-bond acceptors (Lipinski definition) is 5. The van der Waals surface area contributed by atoms with Gasteiger partial charge in [-0.2, -0.15) is 4.98 Å². The summed E-state index contributed by atoms with van der Waals surface area (Å²) in [5.74, 6) is 1.17. The molecule has 0 amide bonds. The summed E-state index contributed by atoms with van der Waals surface area (Å²) in [4.78, 5) is 4.26. The van der Waals surface area contributed by atoms with Crippen molar-refractivity contribution in [3.8, 4) is 11.5 Å². The Hall–Kier alpha value is -3.28. The highest BCUT2D eigenvalue weighted by molar-refractivity contribution is 5.94. The van der Waals surface area contributed by atoms with Crippen LogP contribution in [-0.2, 0) is 6.54 Å². The quantitative estimate of drug-likeness (QED) is 0.562. The van der Waals surface area contributed by atoms with Crippen molar-refractivity contribution in [1.29, 1.82) is 0 Å². The molecule has 0 aliphatic rings. The van der Waals surface area contributed by atoms with Gasteiger partial charge in [-0.05, 0) is 18.2 Å². The first kappa shape index (κ1) is 16.2. The average molecular weight is 352 g/mol. The van der Waals surface area contributed by atoms with E-state index in [0.29, 0.717) is 23.7 Å². The fourth-order valence-electron chi connectivity index (χ4n) is 3.06. The molecule has 0 radical (unpaired) electrons. The Bertz CT molecular complexity index is 1090. The van der Waals surface area contributed by atoms with Crippen LogP contribution in [0.2, 0.25) is 0 Å². The molecular formula is C20H17FN2O3. The van der Waals surface area contributed by atoms with E-state index in [9.17, 15) is 4.39 Å². The summed E-state index contributed by atoms with van der Waals surface area (Å²) in [7, 11) is 3.28. The van der Waals surface area contributed by atoms with Gasteiger partial charge in [0.15, 0.2) is 5.58 Å². The van der Waals surface area contributed by atoms with E-state index in [1.54, 1.807) is 20.3 Å². The lowest BCUT2D eigenvalue weighted by Gasteiger charge is -2.15. The van der Waals surface area contributed by atoms with Gasteiger partial charge in [0, 0.05) is 28.9 Å². The summed E-state index contributed by atoms with van der Waals surface area (Å²) in [5, 5.41) is 5.07. The lowest BCUT2D eigenvalue weighted by molar-refractivity contribution is 0.406. The second kappa shape index (κ2) is 6.55. The van der Waals surface area contributed by atoms with Crippen molar-refractivity contribution >= 4 is 27.9 Å². The molecule has 0 saturated heterocycles. The van der Waals surface area contributed by atoms with E-state index in [0.717, 1.165) is 27.8 Å². The monoisotopic (exact) mass is 352 g/mol. The molecule has 0 atom stereocenters. The molecule has 0 fully saturated rings. The summed E-state index contributed by atoms with van der Waals surface area (Å²) in [6, 6.07) is 14.4. The normalized spacial score (nSPS) is 11.0. The molecule has 1 N–H and O–H groups in total. The molecule has 1 aromatic heterocycles. The van der Waals surface area contributed by atoms with Gasteiger partial charge in [-0.1, -0.05) is 24.3 Å². The third-order valence-electron chi connectivity index (χ3n) is 4.24. The van der Waals surface area contributed by atoms with Crippen LogP contribution in [0.3, 0.4) is 0 Å². The van der Waals surface area contributed by atoms with E-state index in [1.807, 2.05) is 30.3 Å². The van der Waals surface area contributed by atoms with Gasteiger partial charge in [-0.15, -0.1) is 0 Å². The van der Waals surface area contributed by atoms with E-state index in [2.05, 4.69) is 10.3 Å². The zero-order valence-electron chi connectivity index (χ0n) is 14.4. The number of rotatable bonds is 5. The highest BCUT2D eigenvalue weighted by atomic mass is 19.1. The van der Waals surface area contributed by atoms with Crippen LogP contribution < -0.4 is 14.8 Å². The van der Waals surface area contributed by atoms with Crippen molar-refractivity contribution in [3.63, 3.8) is 0 Å². The summed E-state index contributed by atoms with van der Waals surface area (Å²) in [6.45, 7) is 0.416. The van der Waals surface area contributed by atoms with Crippen molar-refractivity contribution in [2.45, 2.75) is 6.54 Å². The molecule has 4 aromatic rings. The number of anilines is 1. The van der Waals surface area contributed by atoms with E-state index >= 15 is 0 Å². The molecule has 132 valence electrons. The van der Waals surface area contributed by atoms with Crippen LogP contribution in [0.1, 0.15) is 5.56 Å². The Morgan fingerprint density at radius 1 is 1.04 bits per heavy atom. The van der Waals surface area contributed by atoms with Gasteiger partial charge < -0.3 is 19.2 Å².